The van der Waals surface area contributed by atoms with Gasteiger partial charge in [-0.05, 0) is 38.8 Å². The van der Waals surface area contributed by atoms with Crippen molar-refractivity contribution in [1.29, 1.82) is 0 Å². The fraction of sp³-hybridized carbons (Fsp3) is 0.588. The van der Waals surface area contributed by atoms with E-state index in [4.69, 9.17) is 16.3 Å². The highest BCUT2D eigenvalue weighted by atomic mass is 35.5. The smallest absolute Gasteiger partial charge is 0.255 e. The molecule has 9 heteroatoms. The molecule has 0 aromatic heterocycles. The number of ether oxygens (including phenoxy) is 1. The molecular weight excluding hydrogens is 378 g/mol. The highest BCUT2D eigenvalue weighted by molar-refractivity contribution is 7.92. The Kier molecular flexibility index (Phi) is 7.14. The zero-order valence-electron chi connectivity index (χ0n) is 15.3. The molecule has 1 saturated heterocycles. The quantitative estimate of drug-likeness (QED) is 0.619. The van der Waals surface area contributed by atoms with Crippen molar-refractivity contribution < 1.29 is 17.9 Å². The summed E-state index contributed by atoms with van der Waals surface area (Å²) < 4.78 is 31.3. The Labute approximate surface area is 159 Å². The molecule has 0 radical (unpaired) electrons. The van der Waals surface area contributed by atoms with Crippen molar-refractivity contribution in [2.75, 3.05) is 24.1 Å². The number of carbonyl (C=O) groups excluding carboxylic acids is 1. The minimum atomic E-state index is -3.51. The molecule has 1 amide bonds. The van der Waals surface area contributed by atoms with Gasteiger partial charge in [-0.2, -0.15) is 0 Å². The number of sulfonamides is 1. The summed E-state index contributed by atoms with van der Waals surface area (Å²) in [6.45, 7) is 4.49. The van der Waals surface area contributed by atoms with Gasteiger partial charge in [0.05, 0.1) is 29.1 Å². The van der Waals surface area contributed by atoms with E-state index in [1.807, 2.05) is 6.92 Å². The Hall–Kier alpha value is -1.51. The van der Waals surface area contributed by atoms with Gasteiger partial charge < -0.3 is 15.4 Å². The van der Waals surface area contributed by atoms with Gasteiger partial charge in [-0.3, -0.25) is 9.52 Å². The van der Waals surface area contributed by atoms with Crippen LogP contribution in [0.5, 0.6) is 5.75 Å². The van der Waals surface area contributed by atoms with E-state index in [1.54, 1.807) is 0 Å². The first kappa shape index (κ1) is 20.8. The first-order chi connectivity index (χ1) is 12.3. The number of nitrogens with one attached hydrogen (secondary N) is 3. The largest absolute Gasteiger partial charge is 0.496 e. The monoisotopic (exact) mass is 403 g/mol. The molecule has 2 atom stereocenters. The second-order valence-electron chi connectivity index (χ2n) is 6.23. The molecule has 3 N–H and O–H groups in total. The van der Waals surface area contributed by atoms with Crippen LogP contribution < -0.4 is 20.1 Å². The Morgan fingerprint density at radius 2 is 2.15 bits per heavy atom. The van der Waals surface area contributed by atoms with Gasteiger partial charge in [0.1, 0.15) is 5.75 Å². The summed E-state index contributed by atoms with van der Waals surface area (Å²) >= 11 is 6.14. The lowest BCUT2D eigenvalue weighted by Crippen LogP contribution is -2.47. The fourth-order valence-electron chi connectivity index (χ4n) is 3.01. The molecule has 0 bridgehead atoms. The van der Waals surface area contributed by atoms with Gasteiger partial charge in [-0.15, -0.1) is 0 Å². The molecule has 0 saturated carbocycles. The molecule has 1 aromatic carbocycles. The predicted molar refractivity (Wildman–Crippen MR) is 104 cm³/mol. The molecule has 7 nitrogen and oxygen atoms in total. The van der Waals surface area contributed by atoms with Crippen molar-refractivity contribution in [3.05, 3.63) is 22.7 Å². The molecule has 0 spiro atoms. The van der Waals surface area contributed by atoms with Crippen LogP contribution in [0.1, 0.15) is 43.5 Å². The third-order valence-corrected chi connectivity index (χ3v) is 6.12. The normalized spacial score (nSPS) is 18.4. The molecule has 1 aliphatic rings. The first-order valence-corrected chi connectivity index (χ1v) is 10.8. The van der Waals surface area contributed by atoms with E-state index in [-0.39, 0.29) is 40.0 Å². The predicted octanol–water partition coefficient (Wildman–Crippen LogP) is 2.37. The zero-order chi connectivity index (χ0) is 19.3. The summed E-state index contributed by atoms with van der Waals surface area (Å²) in [6, 6.07) is 3.08. The van der Waals surface area contributed by atoms with Crippen LogP contribution in [0.3, 0.4) is 0 Å². The van der Waals surface area contributed by atoms with E-state index < -0.39 is 10.0 Å². The Morgan fingerprint density at radius 1 is 1.42 bits per heavy atom. The molecule has 1 aromatic rings. The summed E-state index contributed by atoms with van der Waals surface area (Å²) in [5.74, 6) is -0.125. The van der Waals surface area contributed by atoms with Crippen molar-refractivity contribution in [2.45, 2.75) is 45.2 Å². The van der Waals surface area contributed by atoms with Gasteiger partial charge in [-0.25, -0.2) is 8.42 Å². The van der Waals surface area contributed by atoms with Crippen molar-refractivity contribution in [3.8, 4) is 5.75 Å². The van der Waals surface area contributed by atoms with E-state index >= 15 is 0 Å². The molecule has 1 heterocycles. The van der Waals surface area contributed by atoms with E-state index in [9.17, 15) is 13.2 Å². The zero-order valence-corrected chi connectivity index (χ0v) is 16.8. The average molecular weight is 404 g/mol. The summed E-state index contributed by atoms with van der Waals surface area (Å²) in [6.07, 6.45) is 2.89. The third kappa shape index (κ3) is 5.02. The molecule has 1 aliphatic heterocycles. The molecule has 2 rings (SSSR count). The van der Waals surface area contributed by atoms with Crippen LogP contribution in [-0.4, -0.2) is 45.8 Å². The second kappa shape index (κ2) is 8.92. The third-order valence-electron chi connectivity index (χ3n) is 4.52. The number of hydrogen-bond acceptors (Lipinski definition) is 5. The van der Waals surface area contributed by atoms with Crippen molar-refractivity contribution >= 4 is 33.2 Å². The average Bonchev–Trinajstić information content (AvgIpc) is 3.15. The van der Waals surface area contributed by atoms with E-state index in [0.29, 0.717) is 5.75 Å². The summed E-state index contributed by atoms with van der Waals surface area (Å²) in [5.41, 5.74) is 0.397. The Morgan fingerprint density at radius 3 is 2.69 bits per heavy atom. The fourth-order valence-corrected chi connectivity index (χ4v) is 3.91. The molecule has 26 heavy (non-hydrogen) atoms. The van der Waals surface area contributed by atoms with Crippen LogP contribution in [0.25, 0.3) is 0 Å². The van der Waals surface area contributed by atoms with Crippen LogP contribution in [0.15, 0.2) is 12.1 Å². The van der Waals surface area contributed by atoms with Crippen molar-refractivity contribution in [1.82, 2.24) is 10.6 Å². The van der Waals surface area contributed by atoms with E-state index in [0.717, 1.165) is 25.8 Å². The number of methoxy groups -OCH3 is 1. The number of benzene rings is 1. The highest BCUT2D eigenvalue weighted by Gasteiger charge is 2.26. The standard InChI is InChI=1S/C17H26ClN3O4S/c1-4-13(14-7-6-8-19-14)20-17(22)11-9-15(21-26(23,24)5-2)12(18)10-16(11)25-3/h9-10,13-14,19,21H,4-8H2,1-3H3,(H,20,22). The summed E-state index contributed by atoms with van der Waals surface area (Å²) in [7, 11) is -2.08. The number of hydrogen-bond donors (Lipinski definition) is 3. The maximum atomic E-state index is 12.8. The molecule has 146 valence electrons. The van der Waals surface area contributed by atoms with Gasteiger partial charge in [-0.1, -0.05) is 18.5 Å². The van der Waals surface area contributed by atoms with Gasteiger partial charge >= 0.3 is 0 Å². The number of anilines is 1. The van der Waals surface area contributed by atoms with Crippen LogP contribution in [0.4, 0.5) is 5.69 Å². The second-order valence-corrected chi connectivity index (χ2v) is 8.65. The van der Waals surface area contributed by atoms with Gasteiger partial charge in [0.25, 0.3) is 5.91 Å². The van der Waals surface area contributed by atoms with Gasteiger partial charge in [0, 0.05) is 18.2 Å². The SMILES string of the molecule is CCC(NC(=O)c1cc(NS(=O)(=O)CC)c(Cl)cc1OC)C1CCCN1. The van der Waals surface area contributed by atoms with Crippen LogP contribution in [0.2, 0.25) is 5.02 Å². The lowest BCUT2D eigenvalue weighted by atomic mass is 10.0. The lowest BCUT2D eigenvalue weighted by Gasteiger charge is -2.24. The molecule has 2 unspecified atom stereocenters. The minimum absolute atomic E-state index is 0.0128. The van der Waals surface area contributed by atoms with Crippen LogP contribution in [-0.2, 0) is 10.0 Å². The Balaban J connectivity index is 2.29. The summed E-state index contributed by atoms with van der Waals surface area (Å²) in [5, 5.41) is 6.58. The number of carbonyl (C=O) groups is 1. The van der Waals surface area contributed by atoms with Crippen LogP contribution >= 0.6 is 11.6 Å². The van der Waals surface area contributed by atoms with Gasteiger partial charge in [0.2, 0.25) is 10.0 Å². The van der Waals surface area contributed by atoms with Crippen molar-refractivity contribution in [2.24, 2.45) is 0 Å². The number of rotatable bonds is 8. The Bertz CT molecular complexity index is 749. The number of amides is 1. The summed E-state index contributed by atoms with van der Waals surface area (Å²) in [4.78, 5) is 12.8. The molecule has 0 aliphatic carbocycles. The first-order valence-electron chi connectivity index (χ1n) is 8.73. The van der Waals surface area contributed by atoms with E-state index in [1.165, 1.54) is 26.2 Å². The van der Waals surface area contributed by atoms with Crippen LogP contribution in [0, 0.1) is 0 Å². The van der Waals surface area contributed by atoms with Gasteiger partial charge in [0.15, 0.2) is 0 Å². The topological polar surface area (TPSA) is 96.5 Å². The molecule has 1 fully saturated rings. The molecular formula is C17H26ClN3O4S. The highest BCUT2D eigenvalue weighted by Crippen LogP contribution is 2.32. The minimum Gasteiger partial charge on any atom is -0.496 e. The van der Waals surface area contributed by atoms with Crippen molar-refractivity contribution in [3.63, 3.8) is 0 Å². The lowest BCUT2D eigenvalue weighted by molar-refractivity contribution is 0.0924. The van der Waals surface area contributed by atoms with E-state index in [2.05, 4.69) is 15.4 Å². The maximum Gasteiger partial charge on any atom is 0.255 e. The maximum absolute atomic E-state index is 12.8. The number of halogens is 1.